The van der Waals surface area contributed by atoms with Gasteiger partial charge in [-0.3, -0.25) is 4.79 Å². The molecule has 1 N–H and O–H groups in total. The Morgan fingerprint density at radius 1 is 0.964 bits per heavy atom. The maximum Gasteiger partial charge on any atom is 0.255 e. The number of aromatic nitrogens is 1. The molecule has 0 atom stereocenters. The van der Waals surface area contributed by atoms with Crippen LogP contribution in [0.15, 0.2) is 65.1 Å². The molecule has 4 rings (SSSR count). The molecule has 0 aliphatic carbocycles. The second-order valence-corrected chi connectivity index (χ2v) is 7.21. The van der Waals surface area contributed by atoms with Crippen LogP contribution in [-0.2, 0) is 6.42 Å². The number of hydrogen-bond acceptors (Lipinski definition) is 3. The largest absolute Gasteiger partial charge is 0.440 e. The van der Waals surface area contributed by atoms with Crippen LogP contribution in [0.2, 0.25) is 0 Å². The molecule has 0 fully saturated rings. The molecular formula is C24H22N2O2. The van der Waals surface area contributed by atoms with E-state index >= 15 is 0 Å². The minimum atomic E-state index is -0.110. The van der Waals surface area contributed by atoms with Gasteiger partial charge in [0.15, 0.2) is 11.5 Å². The van der Waals surface area contributed by atoms with Gasteiger partial charge in [-0.05, 0) is 73.9 Å². The molecule has 0 aliphatic rings. The number of fused-ring (bicyclic) bond motifs is 1. The van der Waals surface area contributed by atoms with E-state index in [-0.39, 0.29) is 5.91 Å². The van der Waals surface area contributed by atoms with Gasteiger partial charge in [0, 0.05) is 17.7 Å². The Kier molecular flexibility index (Phi) is 4.70. The van der Waals surface area contributed by atoms with Crippen LogP contribution in [0.3, 0.4) is 0 Å². The van der Waals surface area contributed by atoms with Crippen LogP contribution in [0, 0.1) is 20.8 Å². The first kappa shape index (κ1) is 18.0. The highest BCUT2D eigenvalue weighted by Crippen LogP contribution is 2.22. The fourth-order valence-corrected chi connectivity index (χ4v) is 3.17. The molecule has 1 amide bonds. The van der Waals surface area contributed by atoms with Crippen LogP contribution < -0.4 is 5.32 Å². The van der Waals surface area contributed by atoms with E-state index < -0.39 is 0 Å². The Morgan fingerprint density at radius 3 is 2.46 bits per heavy atom. The topological polar surface area (TPSA) is 55.1 Å². The third kappa shape index (κ3) is 3.81. The summed E-state index contributed by atoms with van der Waals surface area (Å²) >= 11 is 0. The standard InChI is InChI=1S/C24H22N2O2/c1-15-5-4-6-19(11-15)24(27)25-20-9-7-18(8-10-20)14-23-26-21-12-16(2)17(3)13-22(21)28-23/h4-13H,14H2,1-3H3,(H,25,27). The summed E-state index contributed by atoms with van der Waals surface area (Å²) < 4.78 is 5.89. The lowest BCUT2D eigenvalue weighted by molar-refractivity contribution is 0.102. The van der Waals surface area contributed by atoms with Gasteiger partial charge in [-0.2, -0.15) is 0 Å². The Morgan fingerprint density at radius 2 is 1.71 bits per heavy atom. The van der Waals surface area contributed by atoms with Crippen LogP contribution in [0.4, 0.5) is 5.69 Å². The number of hydrogen-bond donors (Lipinski definition) is 1. The van der Waals surface area contributed by atoms with Crippen LogP contribution in [-0.4, -0.2) is 10.9 Å². The van der Waals surface area contributed by atoms with Gasteiger partial charge in [-0.15, -0.1) is 0 Å². The predicted octanol–water partition coefficient (Wildman–Crippen LogP) is 5.60. The van der Waals surface area contributed by atoms with Crippen molar-refractivity contribution < 1.29 is 9.21 Å². The van der Waals surface area contributed by atoms with E-state index in [1.807, 2.05) is 61.5 Å². The normalized spacial score (nSPS) is 11.0. The number of nitrogens with one attached hydrogen (secondary N) is 1. The second-order valence-electron chi connectivity index (χ2n) is 7.21. The fraction of sp³-hybridized carbons (Fsp3) is 0.167. The molecule has 4 aromatic rings. The van der Waals surface area contributed by atoms with Crippen molar-refractivity contribution >= 4 is 22.7 Å². The molecule has 0 aliphatic heterocycles. The summed E-state index contributed by atoms with van der Waals surface area (Å²) in [7, 11) is 0. The summed E-state index contributed by atoms with van der Waals surface area (Å²) in [5.74, 6) is 0.581. The van der Waals surface area contributed by atoms with Crippen molar-refractivity contribution in [2.75, 3.05) is 5.32 Å². The Labute approximate surface area is 164 Å². The zero-order chi connectivity index (χ0) is 19.7. The molecule has 140 valence electrons. The highest BCUT2D eigenvalue weighted by Gasteiger charge is 2.09. The van der Waals surface area contributed by atoms with Gasteiger partial charge in [0.1, 0.15) is 5.52 Å². The zero-order valence-electron chi connectivity index (χ0n) is 16.2. The average molecular weight is 370 g/mol. The summed E-state index contributed by atoms with van der Waals surface area (Å²) in [6, 6.07) is 19.4. The molecule has 0 saturated carbocycles. The van der Waals surface area contributed by atoms with Crippen molar-refractivity contribution in [2.45, 2.75) is 27.2 Å². The minimum Gasteiger partial charge on any atom is -0.440 e. The van der Waals surface area contributed by atoms with Crippen molar-refractivity contribution in [2.24, 2.45) is 0 Å². The summed E-state index contributed by atoms with van der Waals surface area (Å²) in [5, 5.41) is 2.93. The molecule has 4 heteroatoms. The number of amides is 1. The van der Waals surface area contributed by atoms with E-state index in [9.17, 15) is 4.79 Å². The van der Waals surface area contributed by atoms with E-state index in [2.05, 4.69) is 30.2 Å². The van der Waals surface area contributed by atoms with Gasteiger partial charge in [0.05, 0.1) is 0 Å². The number of oxazole rings is 1. The van der Waals surface area contributed by atoms with Crippen molar-refractivity contribution in [3.05, 3.63) is 94.4 Å². The molecule has 0 bridgehead atoms. The second kappa shape index (κ2) is 7.31. The van der Waals surface area contributed by atoms with E-state index in [4.69, 9.17) is 4.42 Å². The van der Waals surface area contributed by atoms with Crippen molar-refractivity contribution in [3.8, 4) is 0 Å². The molecule has 3 aromatic carbocycles. The molecule has 28 heavy (non-hydrogen) atoms. The fourth-order valence-electron chi connectivity index (χ4n) is 3.17. The highest BCUT2D eigenvalue weighted by atomic mass is 16.3. The van der Waals surface area contributed by atoms with Gasteiger partial charge in [-0.1, -0.05) is 29.8 Å². The summed E-state index contributed by atoms with van der Waals surface area (Å²) in [4.78, 5) is 17.0. The molecule has 1 heterocycles. The minimum absolute atomic E-state index is 0.110. The molecule has 0 spiro atoms. The van der Waals surface area contributed by atoms with Crippen molar-refractivity contribution in [1.82, 2.24) is 4.98 Å². The van der Waals surface area contributed by atoms with E-state index in [1.165, 1.54) is 11.1 Å². The van der Waals surface area contributed by atoms with Crippen molar-refractivity contribution in [3.63, 3.8) is 0 Å². The maximum atomic E-state index is 12.4. The Bertz CT molecular complexity index is 1120. The Balaban J connectivity index is 1.47. The highest BCUT2D eigenvalue weighted by molar-refractivity contribution is 6.04. The van der Waals surface area contributed by atoms with E-state index in [0.717, 1.165) is 27.9 Å². The molecule has 0 saturated heterocycles. The lowest BCUT2D eigenvalue weighted by Gasteiger charge is -2.07. The van der Waals surface area contributed by atoms with Crippen molar-refractivity contribution in [1.29, 1.82) is 0 Å². The molecule has 1 aromatic heterocycles. The van der Waals surface area contributed by atoms with Crippen LogP contribution in [0.5, 0.6) is 0 Å². The van der Waals surface area contributed by atoms with Gasteiger partial charge in [0.25, 0.3) is 5.91 Å². The first-order valence-corrected chi connectivity index (χ1v) is 9.31. The van der Waals surface area contributed by atoms with Crippen LogP contribution >= 0.6 is 0 Å². The molecule has 4 nitrogen and oxygen atoms in total. The summed E-state index contributed by atoms with van der Waals surface area (Å²) in [6.07, 6.45) is 0.610. The van der Waals surface area contributed by atoms with Crippen LogP contribution in [0.1, 0.15) is 38.5 Å². The zero-order valence-corrected chi connectivity index (χ0v) is 16.2. The number of nitrogens with zero attached hydrogens (tertiary/aromatic N) is 1. The molecule has 0 unspecified atom stereocenters. The number of anilines is 1. The summed E-state index contributed by atoms with van der Waals surface area (Å²) in [5.41, 5.74) is 7.67. The third-order valence-electron chi connectivity index (χ3n) is 4.90. The van der Waals surface area contributed by atoms with Gasteiger partial charge < -0.3 is 9.73 Å². The SMILES string of the molecule is Cc1cccc(C(=O)Nc2ccc(Cc3nc4cc(C)c(C)cc4o3)cc2)c1. The first-order chi connectivity index (χ1) is 13.5. The molecular weight excluding hydrogens is 348 g/mol. The summed E-state index contributed by atoms with van der Waals surface area (Å²) in [6.45, 7) is 6.12. The average Bonchev–Trinajstić information content (AvgIpc) is 3.04. The smallest absolute Gasteiger partial charge is 0.255 e. The number of carbonyl (C=O) groups excluding carboxylic acids is 1. The first-order valence-electron chi connectivity index (χ1n) is 9.31. The number of carbonyl (C=O) groups is 1. The van der Waals surface area contributed by atoms with Gasteiger partial charge in [-0.25, -0.2) is 4.98 Å². The number of benzene rings is 3. The molecule has 0 radical (unpaired) electrons. The lowest BCUT2D eigenvalue weighted by Crippen LogP contribution is -2.11. The van der Waals surface area contributed by atoms with Gasteiger partial charge >= 0.3 is 0 Å². The van der Waals surface area contributed by atoms with E-state index in [1.54, 1.807) is 0 Å². The third-order valence-corrected chi connectivity index (χ3v) is 4.90. The monoisotopic (exact) mass is 370 g/mol. The number of aryl methyl sites for hydroxylation is 3. The predicted molar refractivity (Wildman–Crippen MR) is 112 cm³/mol. The Hall–Kier alpha value is -3.40. The maximum absolute atomic E-state index is 12.4. The lowest BCUT2D eigenvalue weighted by atomic mass is 10.1. The van der Waals surface area contributed by atoms with Crippen LogP contribution in [0.25, 0.3) is 11.1 Å². The quantitative estimate of drug-likeness (QED) is 0.509. The van der Waals surface area contributed by atoms with Gasteiger partial charge in [0.2, 0.25) is 0 Å². The number of rotatable bonds is 4. The van der Waals surface area contributed by atoms with E-state index in [0.29, 0.717) is 17.9 Å².